The molecule has 0 unspecified atom stereocenters. The summed E-state index contributed by atoms with van der Waals surface area (Å²) in [7, 11) is 3.58. The van der Waals surface area contributed by atoms with Crippen LogP contribution in [-0.4, -0.2) is 24.1 Å². The summed E-state index contributed by atoms with van der Waals surface area (Å²) >= 11 is 0. The van der Waals surface area contributed by atoms with E-state index < -0.39 is 0 Å². The molecule has 2 aromatic rings. The molecule has 1 aromatic carbocycles. The lowest BCUT2D eigenvalue weighted by atomic mass is 10.0. The molecule has 0 spiro atoms. The molecule has 0 amide bonds. The van der Waals surface area contributed by atoms with Crippen molar-refractivity contribution < 1.29 is 4.74 Å². The molecular formula is C17H23N3O. The van der Waals surface area contributed by atoms with Crippen molar-refractivity contribution in [2.24, 2.45) is 0 Å². The van der Waals surface area contributed by atoms with Crippen LogP contribution in [0.5, 0.6) is 5.75 Å². The molecule has 0 radical (unpaired) electrons. The van der Waals surface area contributed by atoms with E-state index in [9.17, 15) is 0 Å². The summed E-state index contributed by atoms with van der Waals surface area (Å²) in [5.41, 5.74) is 3.38. The van der Waals surface area contributed by atoms with Gasteiger partial charge in [-0.2, -0.15) is 0 Å². The van der Waals surface area contributed by atoms with Gasteiger partial charge in [-0.05, 0) is 30.5 Å². The number of hydrogen-bond acceptors (Lipinski definition) is 4. The Labute approximate surface area is 126 Å². The average molecular weight is 285 g/mol. The van der Waals surface area contributed by atoms with Gasteiger partial charge in [-0.25, -0.2) is 9.97 Å². The zero-order valence-corrected chi connectivity index (χ0v) is 13.4. The highest BCUT2D eigenvalue weighted by atomic mass is 16.5. The van der Waals surface area contributed by atoms with Crippen LogP contribution in [0.2, 0.25) is 0 Å². The highest BCUT2D eigenvalue weighted by molar-refractivity contribution is 5.48. The Hall–Kier alpha value is -2.10. The molecule has 0 saturated heterocycles. The molecule has 2 rings (SSSR count). The summed E-state index contributed by atoms with van der Waals surface area (Å²) in [4.78, 5) is 9.32. The van der Waals surface area contributed by atoms with Crippen molar-refractivity contribution in [2.45, 2.75) is 33.1 Å². The molecule has 0 atom stereocenters. The number of hydrogen-bond donors (Lipinski definition) is 1. The molecule has 1 aromatic heterocycles. The zero-order valence-electron chi connectivity index (χ0n) is 13.4. The Balaban J connectivity index is 2.34. The van der Waals surface area contributed by atoms with Gasteiger partial charge in [0.25, 0.3) is 0 Å². The predicted molar refractivity (Wildman–Crippen MR) is 86.2 cm³/mol. The van der Waals surface area contributed by atoms with Gasteiger partial charge in [-0.1, -0.05) is 26.0 Å². The molecule has 4 heteroatoms. The topological polar surface area (TPSA) is 47.0 Å². The number of benzene rings is 1. The monoisotopic (exact) mass is 285 g/mol. The first-order valence-corrected chi connectivity index (χ1v) is 7.23. The molecule has 0 fully saturated rings. The van der Waals surface area contributed by atoms with Crippen molar-refractivity contribution >= 4 is 5.82 Å². The van der Waals surface area contributed by atoms with Crippen LogP contribution in [0.25, 0.3) is 0 Å². The molecule has 0 bridgehead atoms. The molecular weight excluding hydrogens is 262 g/mol. The maximum atomic E-state index is 5.26. The van der Waals surface area contributed by atoms with E-state index >= 15 is 0 Å². The first-order valence-electron chi connectivity index (χ1n) is 7.23. The van der Waals surface area contributed by atoms with Crippen molar-refractivity contribution in [1.29, 1.82) is 0 Å². The van der Waals surface area contributed by atoms with E-state index in [1.54, 1.807) is 7.11 Å². The zero-order chi connectivity index (χ0) is 15.4. The van der Waals surface area contributed by atoms with Gasteiger partial charge in [0.1, 0.15) is 17.4 Å². The highest BCUT2D eigenvalue weighted by Crippen LogP contribution is 2.25. The maximum absolute atomic E-state index is 5.26. The third kappa shape index (κ3) is 3.51. The van der Waals surface area contributed by atoms with Gasteiger partial charge in [0.2, 0.25) is 0 Å². The van der Waals surface area contributed by atoms with Crippen LogP contribution in [0, 0.1) is 6.92 Å². The van der Waals surface area contributed by atoms with E-state index in [4.69, 9.17) is 4.74 Å². The highest BCUT2D eigenvalue weighted by Gasteiger charge is 2.14. The number of rotatable bonds is 5. The van der Waals surface area contributed by atoms with E-state index in [2.05, 4.69) is 35.2 Å². The minimum absolute atomic E-state index is 0.401. The van der Waals surface area contributed by atoms with Gasteiger partial charge in [0.05, 0.1) is 7.11 Å². The molecule has 4 nitrogen and oxygen atoms in total. The summed E-state index contributed by atoms with van der Waals surface area (Å²) in [5, 5.41) is 3.19. The maximum Gasteiger partial charge on any atom is 0.135 e. The van der Waals surface area contributed by atoms with Crippen molar-refractivity contribution in [1.82, 2.24) is 9.97 Å². The Bertz CT molecular complexity index is 623. The lowest BCUT2D eigenvalue weighted by Gasteiger charge is -2.15. The summed E-state index contributed by atoms with van der Waals surface area (Å²) in [6, 6.07) is 8.02. The van der Waals surface area contributed by atoms with Crippen LogP contribution in [0.1, 0.15) is 42.4 Å². The van der Waals surface area contributed by atoms with Gasteiger partial charge in [0, 0.05) is 24.7 Å². The van der Waals surface area contributed by atoms with Crippen molar-refractivity contribution in [2.75, 3.05) is 19.5 Å². The van der Waals surface area contributed by atoms with E-state index in [-0.39, 0.29) is 0 Å². The van der Waals surface area contributed by atoms with Crippen LogP contribution in [0.4, 0.5) is 5.82 Å². The Morgan fingerprint density at radius 3 is 2.62 bits per heavy atom. The summed E-state index contributed by atoms with van der Waals surface area (Å²) in [6.07, 6.45) is 0.699. The third-order valence-corrected chi connectivity index (χ3v) is 3.49. The normalized spacial score (nSPS) is 10.8. The number of aryl methyl sites for hydroxylation is 1. The van der Waals surface area contributed by atoms with E-state index in [1.807, 2.05) is 32.2 Å². The summed E-state index contributed by atoms with van der Waals surface area (Å²) in [6.45, 7) is 6.37. The lowest BCUT2D eigenvalue weighted by molar-refractivity contribution is 0.414. The third-order valence-electron chi connectivity index (χ3n) is 3.49. The first-order chi connectivity index (χ1) is 10.0. The Morgan fingerprint density at radius 1 is 1.24 bits per heavy atom. The molecule has 112 valence electrons. The van der Waals surface area contributed by atoms with Crippen LogP contribution in [0.15, 0.2) is 24.3 Å². The SMILES string of the molecule is CNc1nc(Cc2cccc(OC)c2)nc(C)c1C(C)C. The van der Waals surface area contributed by atoms with Gasteiger partial charge in [0.15, 0.2) is 0 Å². The molecule has 0 aliphatic carbocycles. The van der Waals surface area contributed by atoms with Crippen molar-refractivity contribution in [3.05, 3.63) is 46.9 Å². The second-order valence-corrected chi connectivity index (χ2v) is 5.42. The van der Waals surface area contributed by atoms with Crippen LogP contribution >= 0.6 is 0 Å². The molecule has 0 aliphatic rings. The van der Waals surface area contributed by atoms with Crippen molar-refractivity contribution in [3.8, 4) is 5.75 Å². The first kappa shape index (κ1) is 15.3. The van der Waals surface area contributed by atoms with Crippen LogP contribution in [0.3, 0.4) is 0 Å². The van der Waals surface area contributed by atoms with E-state index in [1.165, 1.54) is 5.56 Å². The van der Waals surface area contributed by atoms with Crippen molar-refractivity contribution in [3.63, 3.8) is 0 Å². The minimum Gasteiger partial charge on any atom is -0.497 e. The molecule has 1 N–H and O–H groups in total. The number of ether oxygens (including phenoxy) is 1. The quantitative estimate of drug-likeness (QED) is 0.912. The fraction of sp³-hybridized carbons (Fsp3) is 0.412. The Morgan fingerprint density at radius 2 is 2.00 bits per heavy atom. The summed E-state index contributed by atoms with van der Waals surface area (Å²) < 4.78 is 5.26. The number of nitrogens with zero attached hydrogens (tertiary/aromatic N) is 2. The van der Waals surface area contributed by atoms with Crippen LogP contribution in [-0.2, 0) is 6.42 Å². The summed E-state index contributed by atoms with van der Waals surface area (Å²) in [5.74, 6) is 3.01. The number of methoxy groups -OCH3 is 1. The number of anilines is 1. The molecule has 0 aliphatic heterocycles. The van der Waals surface area contributed by atoms with Gasteiger partial charge >= 0.3 is 0 Å². The van der Waals surface area contributed by atoms with Gasteiger partial charge in [-0.15, -0.1) is 0 Å². The predicted octanol–water partition coefficient (Wildman–Crippen LogP) is 3.55. The van der Waals surface area contributed by atoms with E-state index in [0.717, 1.165) is 28.6 Å². The number of nitrogens with one attached hydrogen (secondary N) is 1. The second-order valence-electron chi connectivity index (χ2n) is 5.42. The molecule has 21 heavy (non-hydrogen) atoms. The van der Waals surface area contributed by atoms with Gasteiger partial charge < -0.3 is 10.1 Å². The molecule has 1 heterocycles. The number of aromatic nitrogens is 2. The lowest BCUT2D eigenvalue weighted by Crippen LogP contribution is -2.09. The fourth-order valence-corrected chi connectivity index (χ4v) is 2.57. The largest absolute Gasteiger partial charge is 0.497 e. The minimum atomic E-state index is 0.401. The standard InChI is InChI=1S/C17H23N3O/c1-11(2)16-12(3)19-15(20-17(16)18-4)10-13-7-6-8-14(9-13)21-5/h6-9,11H,10H2,1-5H3,(H,18,19,20). The average Bonchev–Trinajstić information content (AvgIpc) is 2.46. The van der Waals surface area contributed by atoms with Crippen LogP contribution < -0.4 is 10.1 Å². The van der Waals surface area contributed by atoms with E-state index in [0.29, 0.717) is 12.3 Å². The smallest absolute Gasteiger partial charge is 0.135 e. The second kappa shape index (κ2) is 6.57. The van der Waals surface area contributed by atoms with Gasteiger partial charge in [-0.3, -0.25) is 0 Å². The molecule has 0 saturated carbocycles. The fourth-order valence-electron chi connectivity index (χ4n) is 2.57. The Kier molecular flexibility index (Phi) is 4.78.